The summed E-state index contributed by atoms with van der Waals surface area (Å²) in [5.41, 5.74) is 3.35. The van der Waals surface area contributed by atoms with Gasteiger partial charge in [-0.3, -0.25) is 5.32 Å². The van der Waals surface area contributed by atoms with Crippen molar-refractivity contribution in [2.24, 2.45) is 5.41 Å². The van der Waals surface area contributed by atoms with Crippen LogP contribution in [0, 0.1) is 18.2 Å². The Morgan fingerprint density at radius 2 is 2.00 bits per heavy atom. The van der Waals surface area contributed by atoms with Crippen LogP contribution in [0.15, 0.2) is 30.5 Å². The lowest BCUT2D eigenvalue weighted by Gasteiger charge is -2.35. The van der Waals surface area contributed by atoms with Crippen molar-refractivity contribution in [2.45, 2.75) is 33.1 Å². The number of anilines is 2. The SMILES string of the molecule is Cc1ccc2nc(NC(=O)N3CCN(c4ncc(CC5(C)CC5)cc4F)CC3)sc2c1. The van der Waals surface area contributed by atoms with Crippen LogP contribution in [0.1, 0.15) is 30.9 Å². The number of aromatic nitrogens is 2. The molecule has 2 aromatic heterocycles. The first kappa shape index (κ1) is 20.2. The highest BCUT2D eigenvalue weighted by molar-refractivity contribution is 7.22. The second-order valence-corrected chi connectivity index (χ2v) is 10.1. The molecule has 31 heavy (non-hydrogen) atoms. The van der Waals surface area contributed by atoms with Gasteiger partial charge in [-0.25, -0.2) is 19.2 Å². The van der Waals surface area contributed by atoms with E-state index in [0.717, 1.165) is 22.2 Å². The molecule has 1 aliphatic heterocycles. The van der Waals surface area contributed by atoms with Crippen LogP contribution >= 0.6 is 11.3 Å². The molecule has 0 unspecified atom stereocenters. The predicted octanol–water partition coefficient (Wildman–Crippen LogP) is 4.84. The largest absolute Gasteiger partial charge is 0.351 e. The zero-order valence-electron chi connectivity index (χ0n) is 17.8. The van der Waals surface area contributed by atoms with Gasteiger partial charge in [-0.05, 0) is 60.9 Å². The molecule has 0 radical (unpaired) electrons. The van der Waals surface area contributed by atoms with Gasteiger partial charge >= 0.3 is 6.03 Å². The van der Waals surface area contributed by atoms with E-state index in [-0.39, 0.29) is 11.8 Å². The summed E-state index contributed by atoms with van der Waals surface area (Å²) in [5, 5.41) is 3.51. The van der Waals surface area contributed by atoms with Gasteiger partial charge in [0.25, 0.3) is 0 Å². The van der Waals surface area contributed by atoms with Crippen molar-refractivity contribution in [3.05, 3.63) is 47.4 Å². The van der Waals surface area contributed by atoms with Gasteiger partial charge in [-0.15, -0.1) is 0 Å². The molecule has 1 aliphatic carbocycles. The lowest BCUT2D eigenvalue weighted by atomic mass is 10.00. The third kappa shape index (κ3) is 4.35. The Morgan fingerprint density at radius 3 is 2.71 bits per heavy atom. The number of hydrogen-bond acceptors (Lipinski definition) is 5. The second-order valence-electron chi connectivity index (χ2n) is 9.03. The molecular formula is C23H26FN5OS. The monoisotopic (exact) mass is 439 g/mol. The van der Waals surface area contributed by atoms with Crippen molar-refractivity contribution in [3.63, 3.8) is 0 Å². The van der Waals surface area contributed by atoms with E-state index < -0.39 is 0 Å². The number of fused-ring (bicyclic) bond motifs is 1. The first-order valence-corrected chi connectivity index (χ1v) is 11.5. The van der Waals surface area contributed by atoms with Gasteiger partial charge in [0, 0.05) is 32.4 Å². The number of nitrogens with zero attached hydrogens (tertiary/aromatic N) is 4. The van der Waals surface area contributed by atoms with E-state index in [4.69, 9.17) is 0 Å². The Bertz CT molecular complexity index is 1130. The van der Waals surface area contributed by atoms with E-state index in [2.05, 4.69) is 28.3 Å². The summed E-state index contributed by atoms with van der Waals surface area (Å²) in [7, 11) is 0. The van der Waals surface area contributed by atoms with Gasteiger partial charge in [0.1, 0.15) is 0 Å². The van der Waals surface area contributed by atoms with E-state index in [9.17, 15) is 9.18 Å². The number of urea groups is 1. The lowest BCUT2D eigenvalue weighted by molar-refractivity contribution is 0.208. The van der Waals surface area contributed by atoms with E-state index >= 15 is 0 Å². The molecule has 1 aromatic carbocycles. The van der Waals surface area contributed by atoms with Gasteiger partial charge in [0.15, 0.2) is 16.8 Å². The molecule has 0 atom stereocenters. The summed E-state index contributed by atoms with van der Waals surface area (Å²) < 4.78 is 15.8. The third-order valence-corrected chi connectivity index (χ3v) is 7.17. The molecule has 6 nitrogen and oxygen atoms in total. The van der Waals surface area contributed by atoms with Crippen LogP contribution < -0.4 is 10.2 Å². The van der Waals surface area contributed by atoms with Crippen LogP contribution in [0.3, 0.4) is 0 Å². The number of amides is 2. The third-order valence-electron chi connectivity index (χ3n) is 6.24. The zero-order chi connectivity index (χ0) is 21.6. The van der Waals surface area contributed by atoms with Gasteiger partial charge < -0.3 is 9.80 Å². The van der Waals surface area contributed by atoms with Crippen molar-refractivity contribution >= 4 is 38.5 Å². The number of hydrogen-bond donors (Lipinski definition) is 1. The second kappa shape index (κ2) is 7.75. The summed E-state index contributed by atoms with van der Waals surface area (Å²) in [5.74, 6) is 0.107. The Kier molecular flexibility index (Phi) is 5.04. The van der Waals surface area contributed by atoms with Crippen molar-refractivity contribution in [3.8, 4) is 0 Å². The molecule has 0 spiro atoms. The van der Waals surface area contributed by atoms with Crippen molar-refractivity contribution in [1.29, 1.82) is 0 Å². The molecule has 1 saturated carbocycles. The van der Waals surface area contributed by atoms with Gasteiger partial charge in [-0.1, -0.05) is 24.3 Å². The maximum absolute atomic E-state index is 14.7. The molecule has 1 N–H and O–H groups in total. The maximum atomic E-state index is 14.7. The number of carbonyl (C=O) groups is 1. The average Bonchev–Trinajstić information content (AvgIpc) is 3.32. The maximum Gasteiger partial charge on any atom is 0.323 e. The van der Waals surface area contributed by atoms with Crippen LogP contribution in [0.4, 0.5) is 20.1 Å². The van der Waals surface area contributed by atoms with Crippen molar-refractivity contribution < 1.29 is 9.18 Å². The molecule has 2 aliphatic rings. The minimum atomic E-state index is -0.274. The van der Waals surface area contributed by atoms with Crippen LogP contribution in [0.25, 0.3) is 10.2 Å². The molecule has 2 fully saturated rings. The number of carbonyl (C=O) groups excluding carboxylic acids is 1. The molecule has 2 amide bonds. The molecule has 0 bridgehead atoms. The number of pyridine rings is 1. The van der Waals surface area contributed by atoms with Crippen LogP contribution in [0.5, 0.6) is 0 Å². The molecule has 3 aromatic rings. The summed E-state index contributed by atoms with van der Waals surface area (Å²) in [6.45, 7) is 6.39. The van der Waals surface area contributed by atoms with Crippen LogP contribution in [-0.4, -0.2) is 47.1 Å². The number of nitrogens with one attached hydrogen (secondary N) is 1. The number of halogens is 1. The minimum Gasteiger partial charge on any atom is -0.351 e. The quantitative estimate of drug-likeness (QED) is 0.632. The smallest absolute Gasteiger partial charge is 0.323 e. The first-order valence-electron chi connectivity index (χ1n) is 10.7. The molecule has 1 saturated heterocycles. The highest BCUT2D eigenvalue weighted by Gasteiger charge is 2.37. The summed E-state index contributed by atoms with van der Waals surface area (Å²) in [4.78, 5) is 25.2. The van der Waals surface area contributed by atoms with Crippen molar-refractivity contribution in [1.82, 2.24) is 14.9 Å². The van der Waals surface area contributed by atoms with E-state index in [1.165, 1.54) is 29.7 Å². The Balaban J connectivity index is 1.19. The summed E-state index contributed by atoms with van der Waals surface area (Å²) in [6.07, 6.45) is 5.10. The highest BCUT2D eigenvalue weighted by Crippen LogP contribution is 2.47. The molecule has 3 heterocycles. The Morgan fingerprint density at radius 1 is 1.23 bits per heavy atom. The first-order chi connectivity index (χ1) is 14.9. The molecule has 8 heteroatoms. The fourth-order valence-electron chi connectivity index (χ4n) is 4.06. The fraction of sp³-hybridized carbons (Fsp3) is 0.435. The molecular weight excluding hydrogens is 413 g/mol. The molecule has 162 valence electrons. The highest BCUT2D eigenvalue weighted by atomic mass is 32.1. The lowest BCUT2D eigenvalue weighted by Crippen LogP contribution is -2.50. The number of benzene rings is 1. The van der Waals surface area contributed by atoms with Crippen LogP contribution in [-0.2, 0) is 6.42 Å². The van der Waals surface area contributed by atoms with Gasteiger partial charge in [-0.2, -0.15) is 0 Å². The minimum absolute atomic E-state index is 0.170. The average molecular weight is 440 g/mol. The Hall–Kier alpha value is -2.74. The standard InChI is InChI=1S/C23H26FN5OS/c1-15-3-4-18-19(11-15)31-21(26-18)27-22(30)29-9-7-28(8-10-29)20-17(24)12-16(14-25-20)13-23(2)5-6-23/h3-4,11-12,14H,5-10,13H2,1-2H3,(H,26,27,30). The van der Waals surface area contributed by atoms with Crippen molar-refractivity contribution in [2.75, 3.05) is 36.4 Å². The van der Waals surface area contributed by atoms with Crippen LogP contribution in [0.2, 0.25) is 0 Å². The normalized spacial score (nSPS) is 17.8. The van der Waals surface area contributed by atoms with E-state index in [1.807, 2.05) is 24.0 Å². The fourth-order valence-corrected chi connectivity index (χ4v) is 5.01. The number of piperazine rings is 1. The zero-order valence-corrected chi connectivity index (χ0v) is 18.6. The number of rotatable bonds is 4. The number of aryl methyl sites for hydroxylation is 1. The Labute approximate surface area is 185 Å². The summed E-state index contributed by atoms with van der Waals surface area (Å²) in [6, 6.07) is 7.50. The van der Waals surface area contributed by atoms with Gasteiger partial charge in [0.2, 0.25) is 0 Å². The van der Waals surface area contributed by atoms with Gasteiger partial charge in [0.05, 0.1) is 10.2 Å². The topological polar surface area (TPSA) is 61.4 Å². The predicted molar refractivity (Wildman–Crippen MR) is 122 cm³/mol. The van der Waals surface area contributed by atoms with E-state index in [0.29, 0.717) is 42.5 Å². The molecule has 5 rings (SSSR count). The number of thiazole rings is 1. The van der Waals surface area contributed by atoms with E-state index in [1.54, 1.807) is 17.2 Å². The summed E-state index contributed by atoms with van der Waals surface area (Å²) >= 11 is 1.47.